The van der Waals surface area contributed by atoms with Gasteiger partial charge in [-0.3, -0.25) is 14.2 Å². The number of hydrogen-bond acceptors (Lipinski definition) is 5. The van der Waals surface area contributed by atoms with Crippen LogP contribution in [0.4, 0.5) is 0 Å². The molecule has 3 aromatic rings. The zero-order valence-electron chi connectivity index (χ0n) is 14.9. The lowest BCUT2D eigenvalue weighted by Gasteiger charge is -2.11. The Morgan fingerprint density at radius 1 is 1.35 bits per heavy atom. The van der Waals surface area contributed by atoms with E-state index < -0.39 is 0 Å². The van der Waals surface area contributed by atoms with E-state index in [1.54, 1.807) is 22.1 Å². The Hall–Kier alpha value is -2.41. The van der Waals surface area contributed by atoms with Crippen molar-refractivity contribution in [2.45, 2.75) is 46.1 Å². The Kier molecular flexibility index (Phi) is 4.40. The maximum Gasteiger partial charge on any atom is 0.262 e. The van der Waals surface area contributed by atoms with Crippen molar-refractivity contribution in [2.24, 2.45) is 0 Å². The fourth-order valence-corrected chi connectivity index (χ4v) is 4.75. The second-order valence-electron chi connectivity index (χ2n) is 6.62. The number of hydrogen-bond donors (Lipinski definition) is 1. The third kappa shape index (κ3) is 2.86. The molecule has 0 amide bonds. The Bertz CT molecular complexity index is 1090. The molecule has 0 saturated carbocycles. The van der Waals surface area contributed by atoms with E-state index >= 15 is 0 Å². The highest BCUT2D eigenvalue weighted by atomic mass is 32.1. The van der Waals surface area contributed by atoms with Gasteiger partial charge in [0.1, 0.15) is 10.7 Å². The molecule has 0 atom stereocenters. The summed E-state index contributed by atoms with van der Waals surface area (Å²) >= 11 is 1.64. The molecule has 136 valence electrons. The Morgan fingerprint density at radius 3 is 2.96 bits per heavy atom. The van der Waals surface area contributed by atoms with Crippen LogP contribution in [0.25, 0.3) is 10.2 Å². The van der Waals surface area contributed by atoms with Crippen LogP contribution in [0, 0.1) is 6.92 Å². The molecule has 0 unspecified atom stereocenters. The van der Waals surface area contributed by atoms with Gasteiger partial charge in [0.15, 0.2) is 5.75 Å². The number of fused-ring (bicyclic) bond motifs is 3. The number of nitrogens with one attached hydrogen (secondary N) is 1. The number of H-pyrrole nitrogens is 1. The zero-order chi connectivity index (χ0) is 18.3. The minimum absolute atomic E-state index is 0.0148. The smallest absolute Gasteiger partial charge is 0.262 e. The van der Waals surface area contributed by atoms with Crippen LogP contribution in [0.2, 0.25) is 0 Å². The normalized spacial score (nSPS) is 13.3. The van der Waals surface area contributed by atoms with E-state index in [-0.39, 0.29) is 11.0 Å². The monoisotopic (exact) mass is 371 g/mol. The fraction of sp³-hybridized carbons (Fsp3) is 0.421. The molecule has 0 fully saturated rings. The van der Waals surface area contributed by atoms with E-state index in [0.717, 1.165) is 35.9 Å². The molecule has 4 rings (SSSR count). The summed E-state index contributed by atoms with van der Waals surface area (Å²) in [7, 11) is 0. The van der Waals surface area contributed by atoms with Crippen LogP contribution in [0.5, 0.6) is 5.75 Å². The minimum atomic E-state index is -0.177. The van der Waals surface area contributed by atoms with Crippen molar-refractivity contribution in [1.82, 2.24) is 14.5 Å². The molecule has 0 radical (unpaired) electrons. The average molecular weight is 371 g/mol. The van der Waals surface area contributed by atoms with Gasteiger partial charge >= 0.3 is 0 Å². The number of thiophene rings is 1. The highest BCUT2D eigenvalue weighted by Crippen LogP contribution is 2.34. The maximum absolute atomic E-state index is 13.1. The number of ether oxygens (including phenoxy) is 1. The Labute approximate surface area is 154 Å². The molecule has 0 aromatic carbocycles. The van der Waals surface area contributed by atoms with Gasteiger partial charge < -0.3 is 9.72 Å². The van der Waals surface area contributed by atoms with Crippen molar-refractivity contribution in [3.63, 3.8) is 0 Å². The summed E-state index contributed by atoms with van der Waals surface area (Å²) in [5.41, 5.74) is 1.65. The van der Waals surface area contributed by atoms with Crippen LogP contribution >= 0.6 is 11.3 Å². The van der Waals surface area contributed by atoms with E-state index in [4.69, 9.17) is 4.74 Å². The molecule has 1 aliphatic rings. The second-order valence-corrected chi connectivity index (χ2v) is 7.71. The van der Waals surface area contributed by atoms with Gasteiger partial charge in [0.2, 0.25) is 5.43 Å². The Balaban J connectivity index is 1.72. The topological polar surface area (TPSA) is 77.0 Å². The fourth-order valence-electron chi connectivity index (χ4n) is 3.45. The summed E-state index contributed by atoms with van der Waals surface area (Å²) in [6.45, 7) is 4.62. The third-order valence-electron chi connectivity index (χ3n) is 4.74. The third-order valence-corrected chi connectivity index (χ3v) is 5.93. The van der Waals surface area contributed by atoms with Crippen LogP contribution in [-0.2, 0) is 19.4 Å². The van der Waals surface area contributed by atoms with Crippen molar-refractivity contribution in [2.75, 3.05) is 6.61 Å². The molecule has 0 spiro atoms. The van der Waals surface area contributed by atoms with Crippen LogP contribution in [0.1, 0.15) is 41.7 Å². The lowest BCUT2D eigenvalue weighted by atomic mass is 10.2. The SMILES string of the molecule is CCCOc1c[nH]c(Cn2c(C)nc3sc4c(c3c2=O)CCC4)cc1=O. The summed E-state index contributed by atoms with van der Waals surface area (Å²) in [6, 6.07) is 1.50. The molecule has 0 saturated heterocycles. The molecule has 0 bridgehead atoms. The van der Waals surface area contributed by atoms with Gasteiger partial charge in [0, 0.05) is 22.8 Å². The first-order valence-corrected chi connectivity index (χ1v) is 9.76. The largest absolute Gasteiger partial charge is 0.488 e. The van der Waals surface area contributed by atoms with Gasteiger partial charge in [0.25, 0.3) is 5.56 Å². The van der Waals surface area contributed by atoms with Gasteiger partial charge in [-0.15, -0.1) is 11.3 Å². The molecule has 6 nitrogen and oxygen atoms in total. The number of nitrogens with zero attached hydrogens (tertiary/aromatic N) is 2. The minimum Gasteiger partial charge on any atom is -0.488 e. The van der Waals surface area contributed by atoms with E-state index in [2.05, 4.69) is 9.97 Å². The molecule has 3 aromatic heterocycles. The summed E-state index contributed by atoms with van der Waals surface area (Å²) < 4.78 is 7.06. The first-order valence-electron chi connectivity index (χ1n) is 8.94. The predicted molar refractivity (Wildman–Crippen MR) is 103 cm³/mol. The number of pyridine rings is 1. The quantitative estimate of drug-likeness (QED) is 0.748. The molecule has 3 heterocycles. The number of rotatable bonds is 5. The van der Waals surface area contributed by atoms with Crippen molar-refractivity contribution >= 4 is 21.6 Å². The van der Waals surface area contributed by atoms with E-state index in [1.807, 2.05) is 13.8 Å². The number of aromatic nitrogens is 3. The first kappa shape index (κ1) is 17.0. The standard InChI is InChI=1S/C19H21N3O3S/c1-3-7-25-15-9-20-12(8-14(15)23)10-22-11(2)21-18-17(19(22)24)13-5-4-6-16(13)26-18/h8-9H,3-7,10H2,1-2H3,(H,20,23). The van der Waals surface area contributed by atoms with Crippen molar-refractivity contribution in [3.8, 4) is 5.75 Å². The van der Waals surface area contributed by atoms with Crippen molar-refractivity contribution in [1.29, 1.82) is 0 Å². The highest BCUT2D eigenvalue weighted by molar-refractivity contribution is 7.18. The summed E-state index contributed by atoms with van der Waals surface area (Å²) in [6.07, 6.45) is 5.52. The number of aromatic amines is 1. The van der Waals surface area contributed by atoms with Gasteiger partial charge in [0.05, 0.1) is 18.5 Å². The molecule has 1 aliphatic carbocycles. The van der Waals surface area contributed by atoms with Crippen molar-refractivity contribution < 1.29 is 4.74 Å². The molecule has 0 aliphatic heterocycles. The zero-order valence-corrected chi connectivity index (χ0v) is 15.7. The summed E-state index contributed by atoms with van der Waals surface area (Å²) in [5, 5.41) is 0.762. The highest BCUT2D eigenvalue weighted by Gasteiger charge is 2.22. The molecular weight excluding hydrogens is 350 g/mol. The summed E-state index contributed by atoms with van der Waals surface area (Å²) in [4.78, 5) is 35.1. The lowest BCUT2D eigenvalue weighted by Crippen LogP contribution is -2.25. The Morgan fingerprint density at radius 2 is 2.19 bits per heavy atom. The molecular formula is C19H21N3O3S. The van der Waals surface area contributed by atoms with Gasteiger partial charge in [-0.25, -0.2) is 4.98 Å². The predicted octanol–water partition coefficient (Wildman–Crippen LogP) is 2.78. The van der Waals surface area contributed by atoms with E-state index in [9.17, 15) is 9.59 Å². The molecule has 1 N–H and O–H groups in total. The van der Waals surface area contributed by atoms with Crippen LogP contribution in [0.3, 0.4) is 0 Å². The van der Waals surface area contributed by atoms with Crippen LogP contribution in [0.15, 0.2) is 21.9 Å². The second kappa shape index (κ2) is 6.72. The molecule has 7 heteroatoms. The van der Waals surface area contributed by atoms with Gasteiger partial charge in [-0.2, -0.15) is 0 Å². The maximum atomic E-state index is 13.1. The van der Waals surface area contributed by atoms with Crippen molar-refractivity contribution in [3.05, 3.63) is 54.8 Å². The van der Waals surface area contributed by atoms with E-state index in [1.165, 1.54) is 16.5 Å². The summed E-state index contributed by atoms with van der Waals surface area (Å²) in [5.74, 6) is 0.971. The van der Waals surface area contributed by atoms with Crippen LogP contribution < -0.4 is 15.7 Å². The average Bonchev–Trinajstić information content (AvgIpc) is 3.18. The van der Waals surface area contributed by atoms with Crippen LogP contribution in [-0.4, -0.2) is 21.1 Å². The van der Waals surface area contributed by atoms with Gasteiger partial charge in [-0.05, 0) is 38.2 Å². The van der Waals surface area contributed by atoms with E-state index in [0.29, 0.717) is 30.4 Å². The number of aryl methyl sites for hydroxylation is 3. The first-order chi connectivity index (χ1) is 12.6. The van der Waals surface area contributed by atoms with Gasteiger partial charge in [-0.1, -0.05) is 6.92 Å². The molecule has 26 heavy (non-hydrogen) atoms. The lowest BCUT2D eigenvalue weighted by molar-refractivity contribution is 0.313.